The van der Waals surface area contributed by atoms with Gasteiger partial charge in [0.05, 0.1) is 16.9 Å². The van der Waals surface area contributed by atoms with Crippen LogP contribution < -0.4 is 4.74 Å². The Morgan fingerprint density at radius 3 is 2.70 bits per heavy atom. The topological polar surface area (TPSA) is 47.9 Å². The number of fused-ring (bicyclic) bond motifs is 1. The van der Waals surface area contributed by atoms with Crippen molar-refractivity contribution < 1.29 is 4.74 Å². The van der Waals surface area contributed by atoms with Crippen molar-refractivity contribution >= 4 is 22.5 Å². The number of hydrogen-bond donors (Lipinski definition) is 0. The molecule has 0 N–H and O–H groups in total. The second-order valence-electron chi connectivity index (χ2n) is 4.45. The van der Waals surface area contributed by atoms with Gasteiger partial charge in [0.2, 0.25) is 0 Å². The Morgan fingerprint density at radius 1 is 1.05 bits per heavy atom. The fourth-order valence-corrected chi connectivity index (χ4v) is 2.05. The molecule has 0 fully saturated rings. The number of hydrogen-bond acceptors (Lipinski definition) is 4. The lowest BCUT2D eigenvalue weighted by atomic mass is 10.2. The van der Waals surface area contributed by atoms with Crippen molar-refractivity contribution in [3.05, 3.63) is 53.1 Å². The fraction of sp³-hybridized carbons (Fsp3) is 0.133. The molecule has 0 bridgehead atoms. The number of aromatic nitrogens is 3. The van der Waals surface area contributed by atoms with Gasteiger partial charge in [-0.3, -0.25) is 4.98 Å². The second-order valence-corrected chi connectivity index (χ2v) is 4.81. The molecule has 4 nitrogen and oxygen atoms in total. The molecule has 3 aromatic rings. The molecule has 0 aliphatic heterocycles. The number of benzene rings is 1. The maximum absolute atomic E-state index is 6.06. The van der Waals surface area contributed by atoms with Gasteiger partial charge in [0.15, 0.2) is 5.15 Å². The first kappa shape index (κ1) is 12.8. The van der Waals surface area contributed by atoms with Gasteiger partial charge >= 0.3 is 0 Å². The lowest BCUT2D eigenvalue weighted by Crippen LogP contribution is -1.97. The Labute approximate surface area is 121 Å². The van der Waals surface area contributed by atoms with Gasteiger partial charge < -0.3 is 4.74 Å². The van der Waals surface area contributed by atoms with Gasteiger partial charge in [-0.1, -0.05) is 17.7 Å². The molecule has 0 unspecified atom stereocenters. The molecule has 2 aromatic heterocycles. The molecular weight excluding hydrogens is 274 g/mol. The summed E-state index contributed by atoms with van der Waals surface area (Å²) in [6.07, 6.45) is 1.74. The molecule has 20 heavy (non-hydrogen) atoms. The smallest absolute Gasteiger partial charge is 0.257 e. The van der Waals surface area contributed by atoms with Crippen LogP contribution in [0.3, 0.4) is 0 Å². The van der Waals surface area contributed by atoms with Crippen LogP contribution in [0.2, 0.25) is 5.15 Å². The standard InChI is InChI=1S/C15H12ClN3O/c1-9-10(2)19-15(14(16)18-9)20-12-6-5-11-4-3-7-17-13(11)8-12/h3-8H,1-2H3. The van der Waals surface area contributed by atoms with E-state index in [0.717, 1.165) is 22.3 Å². The second kappa shape index (κ2) is 5.06. The highest BCUT2D eigenvalue weighted by molar-refractivity contribution is 6.30. The molecule has 5 heteroatoms. The number of pyridine rings is 1. The molecule has 0 spiro atoms. The first-order chi connectivity index (χ1) is 9.63. The van der Waals surface area contributed by atoms with E-state index >= 15 is 0 Å². The van der Waals surface area contributed by atoms with Crippen LogP contribution in [0.5, 0.6) is 11.6 Å². The summed E-state index contributed by atoms with van der Waals surface area (Å²) < 4.78 is 5.71. The third-order valence-electron chi connectivity index (χ3n) is 3.03. The number of rotatable bonds is 2. The Hall–Kier alpha value is -2.20. The van der Waals surface area contributed by atoms with Crippen LogP contribution >= 0.6 is 11.6 Å². The van der Waals surface area contributed by atoms with Gasteiger partial charge in [-0.15, -0.1) is 0 Å². The van der Waals surface area contributed by atoms with Gasteiger partial charge in [0, 0.05) is 17.6 Å². The summed E-state index contributed by atoms with van der Waals surface area (Å²) >= 11 is 6.06. The first-order valence-corrected chi connectivity index (χ1v) is 6.54. The molecule has 0 saturated carbocycles. The summed E-state index contributed by atoms with van der Waals surface area (Å²) in [5, 5.41) is 1.31. The number of ether oxygens (including phenoxy) is 1. The van der Waals surface area contributed by atoms with Crippen molar-refractivity contribution in [3.8, 4) is 11.6 Å². The van der Waals surface area contributed by atoms with E-state index < -0.39 is 0 Å². The van der Waals surface area contributed by atoms with E-state index in [1.807, 2.05) is 44.2 Å². The Bertz CT molecular complexity index is 789. The van der Waals surface area contributed by atoms with Gasteiger partial charge in [0.25, 0.3) is 5.88 Å². The molecule has 0 aliphatic rings. The summed E-state index contributed by atoms with van der Waals surface area (Å²) in [4.78, 5) is 12.8. The van der Waals surface area contributed by atoms with E-state index in [1.165, 1.54) is 0 Å². The first-order valence-electron chi connectivity index (χ1n) is 6.17. The third-order valence-corrected chi connectivity index (χ3v) is 3.27. The van der Waals surface area contributed by atoms with Crippen molar-refractivity contribution in [1.29, 1.82) is 0 Å². The zero-order valence-corrected chi connectivity index (χ0v) is 11.8. The summed E-state index contributed by atoms with van der Waals surface area (Å²) in [7, 11) is 0. The highest BCUT2D eigenvalue weighted by Gasteiger charge is 2.10. The summed E-state index contributed by atoms with van der Waals surface area (Å²) in [6.45, 7) is 3.73. The third kappa shape index (κ3) is 2.42. The number of nitrogens with zero attached hydrogens (tertiary/aromatic N) is 3. The molecule has 2 heterocycles. The minimum Gasteiger partial charge on any atom is -0.436 e. The van der Waals surface area contributed by atoms with E-state index in [-0.39, 0.29) is 5.15 Å². The van der Waals surface area contributed by atoms with Crippen molar-refractivity contribution in [1.82, 2.24) is 15.0 Å². The van der Waals surface area contributed by atoms with Crippen LogP contribution in [0.1, 0.15) is 11.4 Å². The molecule has 0 saturated heterocycles. The quantitative estimate of drug-likeness (QED) is 0.711. The molecule has 100 valence electrons. The van der Waals surface area contributed by atoms with E-state index in [1.54, 1.807) is 6.20 Å². The van der Waals surface area contributed by atoms with Crippen molar-refractivity contribution in [3.63, 3.8) is 0 Å². The Balaban J connectivity index is 1.99. The van der Waals surface area contributed by atoms with Crippen molar-refractivity contribution in [2.45, 2.75) is 13.8 Å². The molecule has 0 radical (unpaired) electrons. The Morgan fingerprint density at radius 2 is 1.85 bits per heavy atom. The molecule has 3 rings (SSSR count). The molecule has 1 aromatic carbocycles. The maximum atomic E-state index is 6.06. The fourth-order valence-electron chi connectivity index (χ4n) is 1.84. The predicted octanol–water partition coefficient (Wildman–Crippen LogP) is 4.09. The van der Waals surface area contributed by atoms with E-state index in [9.17, 15) is 0 Å². The van der Waals surface area contributed by atoms with E-state index in [4.69, 9.17) is 16.3 Å². The summed E-state index contributed by atoms with van der Waals surface area (Å²) in [5.41, 5.74) is 2.45. The predicted molar refractivity (Wildman–Crippen MR) is 78.3 cm³/mol. The normalized spacial score (nSPS) is 10.8. The minimum atomic E-state index is 0.259. The van der Waals surface area contributed by atoms with Crippen molar-refractivity contribution in [2.24, 2.45) is 0 Å². The average molecular weight is 286 g/mol. The SMILES string of the molecule is Cc1nc(Cl)c(Oc2ccc3cccnc3c2)nc1C. The number of aryl methyl sites for hydroxylation is 2. The zero-order chi connectivity index (χ0) is 14.1. The van der Waals surface area contributed by atoms with Gasteiger partial charge in [-0.25, -0.2) is 9.97 Å². The molecule has 0 aliphatic carbocycles. The lowest BCUT2D eigenvalue weighted by molar-refractivity contribution is 0.459. The van der Waals surface area contributed by atoms with E-state index in [0.29, 0.717) is 11.6 Å². The highest BCUT2D eigenvalue weighted by atomic mass is 35.5. The van der Waals surface area contributed by atoms with E-state index in [2.05, 4.69) is 15.0 Å². The summed E-state index contributed by atoms with van der Waals surface area (Å²) in [6, 6.07) is 9.54. The lowest BCUT2D eigenvalue weighted by Gasteiger charge is -2.08. The van der Waals surface area contributed by atoms with Crippen LogP contribution in [0.25, 0.3) is 10.9 Å². The highest BCUT2D eigenvalue weighted by Crippen LogP contribution is 2.28. The molecule has 0 amide bonds. The van der Waals surface area contributed by atoms with Gasteiger partial charge in [-0.2, -0.15) is 0 Å². The molecular formula is C15H12ClN3O. The largest absolute Gasteiger partial charge is 0.436 e. The summed E-state index contributed by atoms with van der Waals surface area (Å²) in [5.74, 6) is 0.945. The zero-order valence-electron chi connectivity index (χ0n) is 11.1. The van der Waals surface area contributed by atoms with Gasteiger partial charge in [0.1, 0.15) is 5.75 Å². The average Bonchev–Trinajstić information content (AvgIpc) is 2.44. The van der Waals surface area contributed by atoms with Crippen LogP contribution in [-0.4, -0.2) is 15.0 Å². The monoisotopic (exact) mass is 285 g/mol. The van der Waals surface area contributed by atoms with Crippen LogP contribution in [0, 0.1) is 13.8 Å². The Kier molecular flexibility index (Phi) is 3.24. The molecule has 0 atom stereocenters. The van der Waals surface area contributed by atoms with Gasteiger partial charge in [-0.05, 0) is 32.0 Å². The van der Waals surface area contributed by atoms with Crippen LogP contribution in [0.15, 0.2) is 36.5 Å². The maximum Gasteiger partial charge on any atom is 0.257 e. The minimum absolute atomic E-state index is 0.259. The van der Waals surface area contributed by atoms with Crippen LogP contribution in [-0.2, 0) is 0 Å². The van der Waals surface area contributed by atoms with Crippen LogP contribution in [0.4, 0.5) is 0 Å². The van der Waals surface area contributed by atoms with Crippen molar-refractivity contribution in [2.75, 3.05) is 0 Å². The number of halogens is 1.